The van der Waals surface area contributed by atoms with Gasteiger partial charge in [-0.1, -0.05) is 27.7 Å². The van der Waals surface area contributed by atoms with Gasteiger partial charge >= 0.3 is 0 Å². The van der Waals surface area contributed by atoms with Crippen molar-refractivity contribution in [2.75, 3.05) is 6.54 Å². The summed E-state index contributed by atoms with van der Waals surface area (Å²) in [4.78, 5) is 6.42. The molecule has 1 aliphatic carbocycles. The molecule has 0 spiro atoms. The van der Waals surface area contributed by atoms with E-state index in [1.165, 1.54) is 47.7 Å². The van der Waals surface area contributed by atoms with E-state index in [1.54, 1.807) is 0 Å². The van der Waals surface area contributed by atoms with E-state index in [0.717, 1.165) is 24.8 Å². The Labute approximate surface area is 134 Å². The Kier molecular flexibility index (Phi) is 5.84. The topological polar surface area (TPSA) is 24.9 Å². The Bertz CT molecular complexity index is 442. The lowest BCUT2D eigenvalue weighted by atomic mass is 9.73. The summed E-state index contributed by atoms with van der Waals surface area (Å²) in [6.07, 6.45) is 7.45. The minimum Gasteiger partial charge on any atom is -0.305 e. The molecule has 2 rings (SSSR count). The molecule has 0 radical (unpaired) electrons. The van der Waals surface area contributed by atoms with Crippen LogP contribution in [0.25, 0.3) is 0 Å². The first-order valence-corrected chi connectivity index (χ1v) is 9.55. The van der Waals surface area contributed by atoms with Gasteiger partial charge in [-0.3, -0.25) is 0 Å². The predicted molar refractivity (Wildman–Crippen MR) is 93.0 cm³/mol. The summed E-state index contributed by atoms with van der Waals surface area (Å²) in [7, 11) is 0. The summed E-state index contributed by atoms with van der Waals surface area (Å²) in [6.45, 7) is 12.6. The van der Waals surface area contributed by atoms with E-state index in [9.17, 15) is 0 Å². The number of nitrogens with one attached hydrogen (secondary N) is 1. The highest BCUT2D eigenvalue weighted by Gasteiger charge is 2.39. The fourth-order valence-electron chi connectivity index (χ4n) is 3.59. The van der Waals surface area contributed by atoms with Crippen molar-refractivity contribution in [1.82, 2.24) is 10.3 Å². The molecular formula is C18H32N2S. The number of rotatable bonds is 6. The van der Waals surface area contributed by atoms with E-state index in [0.29, 0.717) is 0 Å². The van der Waals surface area contributed by atoms with Crippen LogP contribution < -0.4 is 5.32 Å². The van der Waals surface area contributed by atoms with Crippen LogP contribution in [-0.4, -0.2) is 11.5 Å². The van der Waals surface area contributed by atoms with Gasteiger partial charge in [-0.05, 0) is 63.8 Å². The van der Waals surface area contributed by atoms with Crippen molar-refractivity contribution in [3.63, 3.8) is 0 Å². The summed E-state index contributed by atoms with van der Waals surface area (Å²) < 4.78 is 0. The van der Waals surface area contributed by atoms with Crippen molar-refractivity contribution in [3.05, 3.63) is 15.6 Å². The summed E-state index contributed by atoms with van der Waals surface area (Å²) in [5, 5.41) is 5.23. The molecule has 0 unspecified atom stereocenters. The molecule has 0 amide bonds. The van der Waals surface area contributed by atoms with Crippen molar-refractivity contribution < 1.29 is 0 Å². The third kappa shape index (κ3) is 3.68. The van der Waals surface area contributed by atoms with Gasteiger partial charge in [-0.2, -0.15) is 0 Å². The fourth-order valence-corrected chi connectivity index (χ4v) is 4.82. The van der Waals surface area contributed by atoms with Gasteiger partial charge in [0.1, 0.15) is 5.01 Å². The van der Waals surface area contributed by atoms with E-state index < -0.39 is 0 Å². The highest BCUT2D eigenvalue weighted by molar-refractivity contribution is 7.11. The Morgan fingerprint density at radius 2 is 1.95 bits per heavy atom. The fraction of sp³-hybridized carbons (Fsp3) is 0.833. The Hall–Kier alpha value is -0.410. The number of hydrogen-bond donors (Lipinski definition) is 1. The maximum absolute atomic E-state index is 5.00. The van der Waals surface area contributed by atoms with Gasteiger partial charge in [0.15, 0.2) is 0 Å². The van der Waals surface area contributed by atoms with Crippen LogP contribution in [0.15, 0.2) is 0 Å². The Morgan fingerprint density at radius 3 is 2.43 bits per heavy atom. The number of aromatic nitrogens is 1. The van der Waals surface area contributed by atoms with E-state index in [4.69, 9.17) is 4.98 Å². The standard InChI is InChI=1S/C18H32N2S/c1-6-12-19-18(10-8-15(9-11-18)13(3)4)17-20-16(7-2)14(5)21-17/h13,15,19H,6-12H2,1-5H3. The maximum Gasteiger partial charge on any atom is 0.113 e. The second kappa shape index (κ2) is 7.23. The van der Waals surface area contributed by atoms with Crippen LogP contribution >= 0.6 is 11.3 Å². The number of aryl methyl sites for hydroxylation is 2. The minimum absolute atomic E-state index is 0.157. The van der Waals surface area contributed by atoms with Crippen molar-refractivity contribution in [2.24, 2.45) is 11.8 Å². The maximum atomic E-state index is 5.00. The zero-order valence-electron chi connectivity index (χ0n) is 14.5. The van der Waals surface area contributed by atoms with E-state index >= 15 is 0 Å². The van der Waals surface area contributed by atoms with Gasteiger partial charge in [-0.15, -0.1) is 11.3 Å². The van der Waals surface area contributed by atoms with Gasteiger partial charge in [0.05, 0.1) is 11.2 Å². The first-order chi connectivity index (χ1) is 10.0. The molecule has 1 heterocycles. The SMILES string of the molecule is CCCNC1(c2nc(CC)c(C)s2)CCC(C(C)C)CC1. The molecule has 21 heavy (non-hydrogen) atoms. The first-order valence-electron chi connectivity index (χ1n) is 8.74. The van der Waals surface area contributed by atoms with Crippen molar-refractivity contribution in [2.45, 2.75) is 78.7 Å². The number of nitrogens with zero attached hydrogens (tertiary/aromatic N) is 1. The Morgan fingerprint density at radius 1 is 1.29 bits per heavy atom. The number of thiazole rings is 1. The van der Waals surface area contributed by atoms with Crippen LogP contribution in [0.3, 0.4) is 0 Å². The minimum atomic E-state index is 0.157. The van der Waals surface area contributed by atoms with E-state index in [1.807, 2.05) is 11.3 Å². The molecule has 3 heteroatoms. The lowest BCUT2D eigenvalue weighted by Crippen LogP contribution is -2.46. The summed E-state index contributed by atoms with van der Waals surface area (Å²) in [6, 6.07) is 0. The third-order valence-corrected chi connectivity index (χ3v) is 6.39. The molecule has 1 fully saturated rings. The van der Waals surface area contributed by atoms with Crippen LogP contribution in [0.5, 0.6) is 0 Å². The largest absolute Gasteiger partial charge is 0.305 e. The molecule has 1 N–H and O–H groups in total. The van der Waals surface area contributed by atoms with Crippen LogP contribution in [0.2, 0.25) is 0 Å². The van der Waals surface area contributed by atoms with Crippen LogP contribution in [0.1, 0.15) is 75.4 Å². The van der Waals surface area contributed by atoms with Gasteiger partial charge < -0.3 is 5.32 Å². The molecule has 0 bridgehead atoms. The molecule has 0 aliphatic heterocycles. The molecule has 0 atom stereocenters. The zero-order valence-corrected chi connectivity index (χ0v) is 15.3. The second-order valence-electron chi connectivity index (χ2n) is 6.97. The van der Waals surface area contributed by atoms with Crippen LogP contribution in [-0.2, 0) is 12.0 Å². The summed E-state index contributed by atoms with van der Waals surface area (Å²) in [5.74, 6) is 1.71. The number of hydrogen-bond acceptors (Lipinski definition) is 3. The quantitative estimate of drug-likeness (QED) is 0.795. The van der Waals surface area contributed by atoms with Gasteiger partial charge in [0, 0.05) is 4.88 Å². The van der Waals surface area contributed by atoms with Gasteiger partial charge in [-0.25, -0.2) is 4.98 Å². The predicted octanol–water partition coefficient (Wildman–Crippen LogP) is 5.06. The molecule has 1 aliphatic rings. The van der Waals surface area contributed by atoms with E-state index in [-0.39, 0.29) is 5.54 Å². The summed E-state index contributed by atoms with van der Waals surface area (Å²) >= 11 is 1.93. The lowest BCUT2D eigenvalue weighted by Gasteiger charge is -2.41. The molecular weight excluding hydrogens is 276 g/mol. The Balaban J connectivity index is 2.21. The highest BCUT2D eigenvalue weighted by atomic mass is 32.1. The second-order valence-corrected chi connectivity index (χ2v) is 8.17. The summed E-state index contributed by atoms with van der Waals surface area (Å²) in [5.41, 5.74) is 1.46. The van der Waals surface area contributed by atoms with Crippen LogP contribution in [0.4, 0.5) is 0 Å². The monoisotopic (exact) mass is 308 g/mol. The lowest BCUT2D eigenvalue weighted by molar-refractivity contribution is 0.160. The highest BCUT2D eigenvalue weighted by Crippen LogP contribution is 2.43. The average Bonchev–Trinajstić information content (AvgIpc) is 2.87. The smallest absolute Gasteiger partial charge is 0.113 e. The van der Waals surface area contributed by atoms with E-state index in [2.05, 4.69) is 39.9 Å². The molecule has 0 aromatic carbocycles. The molecule has 0 saturated heterocycles. The zero-order chi connectivity index (χ0) is 15.5. The van der Waals surface area contributed by atoms with Crippen molar-refractivity contribution in [1.29, 1.82) is 0 Å². The normalized spacial score (nSPS) is 26.5. The molecule has 1 aromatic heterocycles. The van der Waals surface area contributed by atoms with Gasteiger partial charge in [0.25, 0.3) is 0 Å². The molecule has 1 saturated carbocycles. The average molecular weight is 309 g/mol. The first kappa shape index (κ1) is 17.0. The molecule has 1 aromatic rings. The van der Waals surface area contributed by atoms with Crippen LogP contribution in [0, 0.1) is 18.8 Å². The van der Waals surface area contributed by atoms with Crippen molar-refractivity contribution >= 4 is 11.3 Å². The van der Waals surface area contributed by atoms with Crippen molar-refractivity contribution in [3.8, 4) is 0 Å². The third-order valence-electron chi connectivity index (χ3n) is 5.18. The molecule has 2 nitrogen and oxygen atoms in total. The van der Waals surface area contributed by atoms with Gasteiger partial charge in [0.2, 0.25) is 0 Å². The molecule has 120 valence electrons.